The first-order chi connectivity index (χ1) is 12.9. The fourth-order valence-corrected chi connectivity index (χ4v) is 2.30. The molecule has 27 heavy (non-hydrogen) atoms. The molecule has 0 spiro atoms. The molecule has 2 aromatic heterocycles. The van der Waals surface area contributed by atoms with Crippen molar-refractivity contribution in [1.82, 2.24) is 15.4 Å². The number of hydrogen-bond acceptors (Lipinski definition) is 8. The third-order valence-corrected chi connectivity index (χ3v) is 3.49. The van der Waals surface area contributed by atoms with E-state index in [0.29, 0.717) is 0 Å². The number of rotatable bonds is 5. The van der Waals surface area contributed by atoms with Gasteiger partial charge in [0, 0.05) is 12.1 Å². The lowest BCUT2D eigenvalue weighted by molar-refractivity contribution is -0.384. The van der Waals surface area contributed by atoms with Crippen LogP contribution in [0.1, 0.15) is 17.6 Å². The summed E-state index contributed by atoms with van der Waals surface area (Å²) in [5.74, 6) is 0.0463. The smallest absolute Gasteiger partial charge is 0.332 e. The number of fused-ring (bicyclic) bond motifs is 1. The number of carbonyl (C=O) groups is 1. The zero-order valence-electron chi connectivity index (χ0n) is 13.4. The van der Waals surface area contributed by atoms with E-state index in [4.69, 9.17) is 10.2 Å². The summed E-state index contributed by atoms with van der Waals surface area (Å²) >= 11 is 0. The highest BCUT2D eigenvalue weighted by Gasteiger charge is 2.25. The molecule has 2 heterocycles. The van der Waals surface area contributed by atoms with Crippen LogP contribution in [0.5, 0.6) is 0 Å². The van der Waals surface area contributed by atoms with E-state index in [0.717, 1.165) is 6.07 Å². The lowest BCUT2D eigenvalue weighted by Gasteiger charge is -2.11. The average Bonchev–Trinajstić information content (AvgIpc) is 3.15. The molecule has 5 N–H and O–H groups in total. The van der Waals surface area contributed by atoms with E-state index in [1.807, 2.05) is 5.43 Å². The molecule has 12 nitrogen and oxygen atoms in total. The summed E-state index contributed by atoms with van der Waals surface area (Å²) in [6, 6.07) is 5.60. The van der Waals surface area contributed by atoms with Gasteiger partial charge in [-0.05, 0) is 18.2 Å². The quantitative estimate of drug-likeness (QED) is 0.285. The lowest BCUT2D eigenvalue weighted by atomic mass is 10.1. The van der Waals surface area contributed by atoms with Crippen LogP contribution >= 0.6 is 0 Å². The number of primary amides is 1. The molecule has 0 aliphatic carbocycles. The number of nitrogens with two attached hydrogens (primary N) is 1. The van der Waals surface area contributed by atoms with Crippen molar-refractivity contribution in [1.29, 1.82) is 0 Å². The minimum atomic E-state index is -1.53. The summed E-state index contributed by atoms with van der Waals surface area (Å²) in [7, 11) is 0. The third kappa shape index (κ3) is 3.64. The van der Waals surface area contributed by atoms with Gasteiger partial charge in [-0.3, -0.25) is 14.9 Å². The van der Waals surface area contributed by atoms with Crippen molar-refractivity contribution in [3.63, 3.8) is 0 Å². The largest absolute Gasteiger partial charge is 0.466 e. The van der Waals surface area contributed by atoms with Gasteiger partial charge in [0.05, 0.1) is 22.2 Å². The summed E-state index contributed by atoms with van der Waals surface area (Å²) in [6.45, 7) is 0. The number of hydrogen-bond donors (Lipinski definition) is 4. The third-order valence-electron chi connectivity index (χ3n) is 3.49. The van der Waals surface area contributed by atoms with E-state index in [9.17, 15) is 24.8 Å². The van der Waals surface area contributed by atoms with Crippen molar-refractivity contribution < 1.29 is 19.2 Å². The molecule has 0 bridgehead atoms. The molecule has 0 aliphatic heterocycles. The number of amides is 2. The molecular weight excluding hydrogens is 360 g/mol. The van der Waals surface area contributed by atoms with Crippen molar-refractivity contribution >= 4 is 28.5 Å². The number of aliphatic hydroxyl groups is 1. The van der Waals surface area contributed by atoms with E-state index in [1.165, 1.54) is 30.5 Å². The SMILES string of the molecule is NC(=O)N/N=C(/c1nc2ccc([N+](=O)[O-])cc2[nH]c1=O)C(O)c1ccco1. The van der Waals surface area contributed by atoms with E-state index in [1.54, 1.807) is 0 Å². The van der Waals surface area contributed by atoms with Gasteiger partial charge in [-0.1, -0.05) is 0 Å². The maximum atomic E-state index is 12.4. The van der Waals surface area contributed by atoms with Crippen molar-refractivity contribution in [2.75, 3.05) is 0 Å². The van der Waals surface area contributed by atoms with Gasteiger partial charge in [-0.2, -0.15) is 5.10 Å². The van der Waals surface area contributed by atoms with Gasteiger partial charge < -0.3 is 20.2 Å². The normalized spacial score (nSPS) is 12.7. The maximum Gasteiger partial charge on any atom is 0.332 e. The monoisotopic (exact) mass is 372 g/mol. The number of aromatic amines is 1. The molecule has 0 aliphatic rings. The summed E-state index contributed by atoms with van der Waals surface area (Å²) in [4.78, 5) is 40.2. The Bertz CT molecular complexity index is 1100. The maximum absolute atomic E-state index is 12.4. The van der Waals surface area contributed by atoms with Gasteiger partial charge >= 0.3 is 6.03 Å². The second kappa shape index (κ2) is 7.05. The zero-order chi connectivity index (χ0) is 19.6. The van der Waals surface area contributed by atoms with Gasteiger partial charge in [0.25, 0.3) is 11.2 Å². The molecule has 12 heteroatoms. The zero-order valence-corrected chi connectivity index (χ0v) is 13.4. The summed E-state index contributed by atoms with van der Waals surface area (Å²) in [5.41, 5.74) is 5.55. The molecule has 0 radical (unpaired) electrons. The molecular formula is C15H12N6O6. The fourth-order valence-electron chi connectivity index (χ4n) is 2.30. The number of nitro benzene ring substituents is 1. The number of urea groups is 1. The molecule has 3 aromatic rings. The molecule has 138 valence electrons. The van der Waals surface area contributed by atoms with Crippen LogP contribution < -0.4 is 16.7 Å². The molecule has 0 saturated carbocycles. The highest BCUT2D eigenvalue weighted by molar-refractivity contribution is 6.03. The Kier molecular flexibility index (Phi) is 4.64. The number of nitro groups is 1. The predicted molar refractivity (Wildman–Crippen MR) is 91.9 cm³/mol. The van der Waals surface area contributed by atoms with Crippen LogP contribution in [0.25, 0.3) is 11.0 Å². The van der Waals surface area contributed by atoms with Crippen molar-refractivity contribution in [2.45, 2.75) is 6.10 Å². The number of carbonyl (C=O) groups excluding carboxylic acids is 1. The number of furan rings is 1. The van der Waals surface area contributed by atoms with Crippen LogP contribution in [0.2, 0.25) is 0 Å². The number of H-pyrrole nitrogens is 1. The van der Waals surface area contributed by atoms with Gasteiger partial charge in [0.2, 0.25) is 0 Å². The summed E-state index contributed by atoms with van der Waals surface area (Å²) < 4.78 is 5.08. The van der Waals surface area contributed by atoms with Crippen LogP contribution in [-0.4, -0.2) is 31.7 Å². The fraction of sp³-hybridized carbons (Fsp3) is 0.0667. The summed E-state index contributed by atoms with van der Waals surface area (Å²) in [6.07, 6.45) is -0.231. The van der Waals surface area contributed by atoms with Gasteiger partial charge in [-0.15, -0.1) is 0 Å². The molecule has 1 unspecified atom stereocenters. The number of aliphatic hydroxyl groups excluding tert-OH is 1. The number of aromatic nitrogens is 2. The Hall–Kier alpha value is -4.06. The Morgan fingerprint density at radius 2 is 2.22 bits per heavy atom. The Balaban J connectivity index is 2.15. The first-order valence-electron chi connectivity index (χ1n) is 7.40. The molecule has 0 fully saturated rings. The number of hydrazone groups is 1. The van der Waals surface area contributed by atoms with Crippen LogP contribution in [-0.2, 0) is 0 Å². The van der Waals surface area contributed by atoms with Crippen LogP contribution in [0.15, 0.2) is 50.9 Å². The van der Waals surface area contributed by atoms with Crippen molar-refractivity contribution in [3.8, 4) is 0 Å². The molecule has 0 saturated heterocycles. The minimum absolute atomic E-state index is 0.0463. The van der Waals surface area contributed by atoms with Crippen molar-refractivity contribution in [3.05, 3.63) is 68.5 Å². The Morgan fingerprint density at radius 3 is 2.85 bits per heavy atom. The van der Waals surface area contributed by atoms with Gasteiger partial charge in [-0.25, -0.2) is 15.2 Å². The van der Waals surface area contributed by atoms with E-state index >= 15 is 0 Å². The first-order valence-corrected chi connectivity index (χ1v) is 7.40. The van der Waals surface area contributed by atoms with Crippen LogP contribution in [0.4, 0.5) is 10.5 Å². The lowest BCUT2D eigenvalue weighted by Crippen LogP contribution is -2.31. The number of nitrogens with one attached hydrogen (secondary N) is 2. The van der Waals surface area contributed by atoms with Crippen LogP contribution in [0.3, 0.4) is 0 Å². The van der Waals surface area contributed by atoms with E-state index in [2.05, 4.69) is 15.1 Å². The standard InChI is InChI=1S/C15H12N6O6/c16-15(24)20-19-11(13(22)10-2-1-5-27-10)12-14(23)18-9-6-7(21(25)26)3-4-8(9)17-12/h1-6,13,22H,(H,18,23)(H3,16,20,24)/b19-11-. The summed E-state index contributed by atoms with van der Waals surface area (Å²) in [5, 5.41) is 25.0. The van der Waals surface area contributed by atoms with E-state index in [-0.39, 0.29) is 33.9 Å². The molecule has 1 atom stereocenters. The van der Waals surface area contributed by atoms with Gasteiger partial charge in [0.1, 0.15) is 11.5 Å². The topological polar surface area (TPSA) is 190 Å². The number of non-ortho nitro benzene ring substituents is 1. The average molecular weight is 372 g/mol. The predicted octanol–water partition coefficient (Wildman–Crippen LogP) is 0.530. The molecule has 3 rings (SSSR count). The Morgan fingerprint density at radius 1 is 1.44 bits per heavy atom. The molecule has 2 amide bonds. The van der Waals surface area contributed by atoms with Gasteiger partial charge in [0.15, 0.2) is 11.8 Å². The second-order valence-corrected chi connectivity index (χ2v) is 5.26. The number of benzene rings is 1. The highest BCUT2D eigenvalue weighted by atomic mass is 16.6. The second-order valence-electron chi connectivity index (χ2n) is 5.26. The Labute approximate surface area is 149 Å². The molecule has 1 aromatic carbocycles. The minimum Gasteiger partial charge on any atom is -0.466 e. The van der Waals surface area contributed by atoms with Crippen LogP contribution in [0, 0.1) is 10.1 Å². The number of nitrogens with zero attached hydrogens (tertiary/aromatic N) is 3. The van der Waals surface area contributed by atoms with E-state index < -0.39 is 22.6 Å². The first kappa shape index (κ1) is 17.8. The highest BCUT2D eigenvalue weighted by Crippen LogP contribution is 2.20. The van der Waals surface area contributed by atoms with Crippen molar-refractivity contribution in [2.24, 2.45) is 10.8 Å².